The summed E-state index contributed by atoms with van der Waals surface area (Å²) in [7, 11) is 0. The highest BCUT2D eigenvalue weighted by Crippen LogP contribution is 2.25. The molecule has 2 rings (SSSR count). The Morgan fingerprint density at radius 2 is 2.38 bits per heavy atom. The molecule has 0 atom stereocenters. The number of thiazole rings is 1. The second-order valence-electron chi connectivity index (χ2n) is 2.42. The molecule has 0 saturated carbocycles. The SMILES string of the molecule is CCc1nnc(-c2cnc(N)s2)o1. The number of rotatable bonds is 2. The van der Waals surface area contributed by atoms with Crippen molar-refractivity contribution in [1.29, 1.82) is 0 Å². The highest BCUT2D eigenvalue weighted by Gasteiger charge is 2.09. The fourth-order valence-electron chi connectivity index (χ4n) is 0.883. The van der Waals surface area contributed by atoms with Crippen LogP contribution in [0, 0.1) is 0 Å². The summed E-state index contributed by atoms with van der Waals surface area (Å²) in [5.41, 5.74) is 5.47. The lowest BCUT2D eigenvalue weighted by molar-refractivity contribution is 0.514. The highest BCUT2D eigenvalue weighted by atomic mass is 32.1. The zero-order chi connectivity index (χ0) is 9.26. The van der Waals surface area contributed by atoms with Gasteiger partial charge in [-0.1, -0.05) is 18.3 Å². The van der Waals surface area contributed by atoms with Crippen molar-refractivity contribution in [2.75, 3.05) is 5.73 Å². The summed E-state index contributed by atoms with van der Waals surface area (Å²) in [6, 6.07) is 0. The van der Waals surface area contributed by atoms with Crippen molar-refractivity contribution in [3.63, 3.8) is 0 Å². The van der Waals surface area contributed by atoms with Gasteiger partial charge in [0.15, 0.2) is 5.13 Å². The van der Waals surface area contributed by atoms with Crippen LogP contribution in [-0.4, -0.2) is 15.2 Å². The van der Waals surface area contributed by atoms with Crippen LogP contribution in [0.1, 0.15) is 12.8 Å². The maximum atomic E-state index is 5.47. The van der Waals surface area contributed by atoms with Gasteiger partial charge in [-0.3, -0.25) is 0 Å². The summed E-state index contributed by atoms with van der Waals surface area (Å²) in [6.07, 6.45) is 2.37. The van der Waals surface area contributed by atoms with Crippen molar-refractivity contribution in [3.8, 4) is 10.8 Å². The van der Waals surface area contributed by atoms with Gasteiger partial charge in [-0.15, -0.1) is 10.2 Å². The summed E-state index contributed by atoms with van der Waals surface area (Å²) >= 11 is 1.34. The first-order valence-electron chi connectivity index (χ1n) is 3.83. The van der Waals surface area contributed by atoms with Gasteiger partial charge >= 0.3 is 0 Å². The first-order chi connectivity index (χ1) is 6.29. The molecule has 0 aliphatic heterocycles. The van der Waals surface area contributed by atoms with E-state index >= 15 is 0 Å². The molecule has 0 amide bonds. The minimum Gasteiger partial charge on any atom is -0.420 e. The zero-order valence-corrected chi connectivity index (χ0v) is 7.84. The Hall–Kier alpha value is -1.43. The summed E-state index contributed by atoms with van der Waals surface area (Å²) in [4.78, 5) is 4.71. The van der Waals surface area contributed by atoms with Crippen LogP contribution in [0.2, 0.25) is 0 Å². The van der Waals surface area contributed by atoms with E-state index in [9.17, 15) is 0 Å². The topological polar surface area (TPSA) is 77.8 Å². The third kappa shape index (κ3) is 1.52. The second kappa shape index (κ2) is 3.14. The molecule has 5 nitrogen and oxygen atoms in total. The molecule has 6 heteroatoms. The number of hydrogen-bond donors (Lipinski definition) is 1. The van der Waals surface area contributed by atoms with Crippen LogP contribution in [0.15, 0.2) is 10.6 Å². The molecule has 68 valence electrons. The van der Waals surface area contributed by atoms with Crippen LogP contribution in [0.5, 0.6) is 0 Å². The molecule has 0 spiro atoms. The van der Waals surface area contributed by atoms with Crippen molar-refractivity contribution < 1.29 is 4.42 Å². The Morgan fingerprint density at radius 1 is 1.54 bits per heavy atom. The number of hydrogen-bond acceptors (Lipinski definition) is 6. The predicted octanol–water partition coefficient (Wildman–Crippen LogP) is 1.34. The molecule has 0 radical (unpaired) electrons. The minimum absolute atomic E-state index is 0.492. The van der Waals surface area contributed by atoms with Gasteiger partial charge < -0.3 is 10.2 Å². The average Bonchev–Trinajstić information content (AvgIpc) is 2.71. The van der Waals surface area contributed by atoms with Crippen LogP contribution in [0.4, 0.5) is 5.13 Å². The lowest BCUT2D eigenvalue weighted by atomic mass is 10.5. The number of anilines is 1. The van der Waals surface area contributed by atoms with E-state index in [-0.39, 0.29) is 0 Å². The second-order valence-corrected chi connectivity index (χ2v) is 3.48. The first kappa shape index (κ1) is 8.18. The Kier molecular flexibility index (Phi) is 1.97. The number of nitrogens with zero attached hydrogens (tertiary/aromatic N) is 3. The third-order valence-corrected chi connectivity index (χ3v) is 2.32. The van der Waals surface area contributed by atoms with E-state index in [1.807, 2.05) is 6.92 Å². The van der Waals surface area contributed by atoms with Crippen LogP contribution in [0.3, 0.4) is 0 Å². The highest BCUT2D eigenvalue weighted by molar-refractivity contribution is 7.18. The van der Waals surface area contributed by atoms with Crippen LogP contribution < -0.4 is 5.73 Å². The summed E-state index contributed by atoms with van der Waals surface area (Å²) in [6.45, 7) is 1.96. The molecule has 2 aromatic heterocycles. The van der Waals surface area contributed by atoms with E-state index in [0.717, 1.165) is 11.3 Å². The Balaban J connectivity index is 2.35. The van der Waals surface area contributed by atoms with Gasteiger partial charge in [-0.05, 0) is 0 Å². The normalized spacial score (nSPS) is 10.5. The molecule has 2 heterocycles. The van der Waals surface area contributed by atoms with Crippen LogP contribution in [-0.2, 0) is 6.42 Å². The zero-order valence-electron chi connectivity index (χ0n) is 7.02. The number of aryl methyl sites for hydroxylation is 1. The van der Waals surface area contributed by atoms with Gasteiger partial charge in [0.2, 0.25) is 5.89 Å². The van der Waals surface area contributed by atoms with Crippen molar-refractivity contribution in [2.24, 2.45) is 0 Å². The number of nitrogen functional groups attached to an aromatic ring is 1. The minimum atomic E-state index is 0.492. The Bertz CT molecular complexity index is 408. The van der Waals surface area contributed by atoms with Gasteiger partial charge in [-0.25, -0.2) is 4.98 Å². The van der Waals surface area contributed by atoms with Gasteiger partial charge in [0.25, 0.3) is 5.89 Å². The van der Waals surface area contributed by atoms with E-state index in [2.05, 4.69) is 15.2 Å². The van der Waals surface area contributed by atoms with Crippen LogP contribution >= 0.6 is 11.3 Å². The monoisotopic (exact) mass is 196 g/mol. The molecule has 0 saturated heterocycles. The van der Waals surface area contributed by atoms with E-state index in [1.165, 1.54) is 11.3 Å². The van der Waals surface area contributed by atoms with Crippen molar-refractivity contribution in [2.45, 2.75) is 13.3 Å². The third-order valence-electron chi connectivity index (χ3n) is 1.50. The average molecular weight is 196 g/mol. The van der Waals surface area contributed by atoms with Gasteiger partial charge in [0, 0.05) is 6.42 Å². The van der Waals surface area contributed by atoms with Crippen molar-refractivity contribution >= 4 is 16.5 Å². The molecule has 0 aromatic carbocycles. The molecule has 0 aliphatic rings. The largest absolute Gasteiger partial charge is 0.420 e. The van der Waals surface area contributed by atoms with Gasteiger partial charge in [0.1, 0.15) is 4.88 Å². The number of nitrogens with two attached hydrogens (primary N) is 1. The molecule has 2 N–H and O–H groups in total. The van der Waals surface area contributed by atoms with E-state index in [1.54, 1.807) is 6.20 Å². The maximum absolute atomic E-state index is 5.47. The molecule has 0 unspecified atom stereocenters. The summed E-state index contributed by atoms with van der Waals surface area (Å²) in [5, 5.41) is 8.22. The van der Waals surface area contributed by atoms with Gasteiger partial charge in [0.05, 0.1) is 6.20 Å². The molecule has 0 aliphatic carbocycles. The lowest BCUT2D eigenvalue weighted by Crippen LogP contribution is -1.77. The van der Waals surface area contributed by atoms with Gasteiger partial charge in [-0.2, -0.15) is 0 Å². The van der Waals surface area contributed by atoms with Crippen molar-refractivity contribution in [1.82, 2.24) is 15.2 Å². The van der Waals surface area contributed by atoms with E-state index in [0.29, 0.717) is 16.9 Å². The quantitative estimate of drug-likeness (QED) is 0.784. The molecule has 0 fully saturated rings. The molecule has 2 aromatic rings. The smallest absolute Gasteiger partial charge is 0.259 e. The molecular weight excluding hydrogens is 188 g/mol. The van der Waals surface area contributed by atoms with E-state index in [4.69, 9.17) is 10.2 Å². The lowest BCUT2D eigenvalue weighted by Gasteiger charge is -1.83. The Labute approximate surface area is 78.6 Å². The predicted molar refractivity (Wildman–Crippen MR) is 49.2 cm³/mol. The first-order valence-corrected chi connectivity index (χ1v) is 4.65. The Morgan fingerprint density at radius 3 is 2.92 bits per heavy atom. The maximum Gasteiger partial charge on any atom is 0.259 e. The summed E-state index contributed by atoms with van der Waals surface area (Å²) in [5.74, 6) is 1.12. The standard InChI is InChI=1S/C7H8N4OS/c1-2-5-10-11-6(12-5)4-3-9-7(8)13-4/h3H,2H2,1H3,(H2,8,9). The molecular formula is C7H8N4OS. The summed E-state index contributed by atoms with van der Waals surface area (Å²) < 4.78 is 5.32. The van der Waals surface area contributed by atoms with E-state index < -0.39 is 0 Å². The molecule has 0 bridgehead atoms. The van der Waals surface area contributed by atoms with Crippen LogP contribution in [0.25, 0.3) is 10.8 Å². The molecule has 13 heavy (non-hydrogen) atoms. The fourth-order valence-corrected chi connectivity index (χ4v) is 1.49. The van der Waals surface area contributed by atoms with Crippen molar-refractivity contribution in [3.05, 3.63) is 12.1 Å². The number of aromatic nitrogens is 3. The fraction of sp³-hybridized carbons (Fsp3) is 0.286.